The number of aliphatic hydroxyl groups is 1. The van der Waals surface area contributed by atoms with Gasteiger partial charge in [-0.25, -0.2) is 14.4 Å². The van der Waals surface area contributed by atoms with Crippen LogP contribution in [-0.4, -0.2) is 149 Å². The molecule has 13 nitrogen and oxygen atoms in total. The number of amides is 1. The lowest BCUT2D eigenvalue weighted by Crippen LogP contribution is -2.52. The lowest BCUT2D eigenvalue weighted by atomic mass is 10.00. The topological polar surface area (TPSA) is 177 Å². The van der Waals surface area contributed by atoms with E-state index in [1.54, 1.807) is 30.0 Å². The number of halogens is 12. The number of carboxylic acids is 2. The molecule has 25 heteroatoms. The molecule has 0 saturated carbocycles. The van der Waals surface area contributed by atoms with Crippen LogP contribution in [0, 0.1) is 13.8 Å². The lowest BCUT2D eigenvalue weighted by molar-refractivity contribution is -0.309. The summed E-state index contributed by atoms with van der Waals surface area (Å²) in [5.41, 5.74) is 3.03. The second-order valence-electron chi connectivity index (χ2n) is 13.2. The van der Waals surface area contributed by atoms with Crippen LogP contribution in [0.4, 0.5) is 57.5 Å². The van der Waals surface area contributed by atoms with Crippen molar-refractivity contribution < 1.29 is 96.7 Å². The van der Waals surface area contributed by atoms with E-state index in [0.29, 0.717) is 23.2 Å². The predicted molar refractivity (Wildman–Crippen MR) is 182 cm³/mol. The Hall–Kier alpha value is -5.01. The highest BCUT2D eigenvalue weighted by Gasteiger charge is 2.60. The summed E-state index contributed by atoms with van der Waals surface area (Å²) in [5, 5.41) is 28.6. The second-order valence-corrected chi connectivity index (χ2v) is 13.2. The van der Waals surface area contributed by atoms with Crippen LogP contribution in [0.15, 0.2) is 36.4 Å². The summed E-state index contributed by atoms with van der Waals surface area (Å²) in [4.78, 5) is 61.9. The summed E-state index contributed by atoms with van der Waals surface area (Å²) in [7, 11) is 0. The van der Waals surface area contributed by atoms with Crippen LogP contribution in [0.3, 0.4) is 0 Å². The van der Waals surface area contributed by atoms with Crippen molar-refractivity contribution in [2.75, 3.05) is 52.4 Å². The van der Waals surface area contributed by atoms with E-state index >= 15 is 0 Å². The number of aliphatic carboxylic acids is 2. The Morgan fingerprint density at radius 3 is 1.30 bits per heavy atom. The third-order valence-corrected chi connectivity index (χ3v) is 8.47. The van der Waals surface area contributed by atoms with Crippen LogP contribution >= 0.6 is 0 Å². The summed E-state index contributed by atoms with van der Waals surface area (Å²) >= 11 is 0. The van der Waals surface area contributed by atoms with Gasteiger partial charge in [-0.2, -0.15) is 52.7 Å². The van der Waals surface area contributed by atoms with E-state index in [-0.39, 0.29) is 38.3 Å². The summed E-state index contributed by atoms with van der Waals surface area (Å²) in [6.07, 6.45) is -33.0. The van der Waals surface area contributed by atoms with Gasteiger partial charge < -0.3 is 30.3 Å². The number of piperazine rings is 2. The molecule has 2 heterocycles. The van der Waals surface area contributed by atoms with Crippen molar-refractivity contribution in [2.24, 2.45) is 0 Å². The highest BCUT2D eigenvalue weighted by atomic mass is 19.4. The number of carboxylic acid groups (broad SMARTS) is 2. The smallest absolute Gasteiger partial charge is 0.434 e. The third kappa shape index (κ3) is 15.9. The molecule has 0 unspecified atom stereocenters. The molecule has 2 aliphatic heterocycles. The fourth-order valence-corrected chi connectivity index (χ4v) is 5.43. The summed E-state index contributed by atoms with van der Waals surface area (Å²) in [6, 6.07) is 10.1. The average molecular weight is 887 g/mol. The molecule has 1 amide bonds. The molecule has 4 N–H and O–H groups in total. The van der Waals surface area contributed by atoms with Crippen LogP contribution < -0.4 is 5.32 Å². The van der Waals surface area contributed by atoms with Crippen molar-refractivity contribution in [1.29, 1.82) is 0 Å². The first-order valence-corrected chi connectivity index (χ1v) is 17.2. The number of hydrogen-bond donors (Lipinski definition) is 4. The van der Waals surface area contributed by atoms with E-state index in [1.807, 2.05) is 19.1 Å². The summed E-state index contributed by atoms with van der Waals surface area (Å²) in [5.74, 6) is -4.96. The molecule has 0 atom stereocenters. The van der Waals surface area contributed by atoms with Crippen molar-refractivity contribution >= 4 is 29.6 Å². The molecular weight excluding hydrogens is 848 g/mol. The standard InChI is InChI=1S/C18H18F6N2O5.C14H18N2O3.C3H2F6O/c1-10-2-3-11(12(8-10)13(27)14(28)29)9-25-4-6-26(7-5-25)16(30)31-15(17(19,20)21)18(22,23)24;1-10-2-3-11(9-16-6-4-15-5-7-16)12(8-10)13(17)14(18)19;4-2(5,6)1(10)3(7,8)9/h2-3,8,15H,4-7,9H2,1H3,(H,28,29);2-3,8,15H,4-7,9H2,1H3,(H,18,19);1,10H. The Bertz CT molecular complexity index is 1790. The SMILES string of the molecule is Cc1ccc(CN2CCN(C(=O)OC(C(F)(F)F)C(F)(F)F)CC2)c(C(=O)C(=O)O)c1.Cc1ccc(CN2CCNCC2)c(C(=O)C(=O)O)c1.OC(C(F)(F)F)C(F)(F)F. The number of nitrogens with zero attached hydrogens (tertiary/aromatic N) is 3. The molecule has 2 fully saturated rings. The number of carbonyl (C=O) groups is 5. The number of alkyl halides is 12. The molecule has 0 spiro atoms. The Morgan fingerprint density at radius 1 is 0.617 bits per heavy atom. The number of ketones is 2. The molecule has 2 saturated heterocycles. The second kappa shape index (κ2) is 21.0. The minimum atomic E-state index is -5.80. The zero-order chi connectivity index (χ0) is 46.0. The fraction of sp³-hybridized carbons (Fsp3) is 0.514. The van der Waals surface area contributed by atoms with E-state index in [1.165, 1.54) is 6.07 Å². The van der Waals surface area contributed by atoms with Gasteiger partial charge >= 0.3 is 42.7 Å². The molecule has 2 aromatic rings. The molecule has 60 heavy (non-hydrogen) atoms. The normalized spacial score (nSPS) is 15.7. The highest BCUT2D eigenvalue weighted by molar-refractivity contribution is 6.40. The number of hydrogen-bond acceptors (Lipinski definition) is 10. The van der Waals surface area contributed by atoms with Crippen molar-refractivity contribution in [3.8, 4) is 0 Å². The maximum atomic E-state index is 12.5. The zero-order valence-corrected chi connectivity index (χ0v) is 31.4. The van der Waals surface area contributed by atoms with E-state index < -0.39 is 66.5 Å². The minimum absolute atomic E-state index is 0.0208. The Morgan fingerprint density at radius 2 is 0.983 bits per heavy atom. The van der Waals surface area contributed by atoms with Gasteiger partial charge in [0.25, 0.3) is 17.7 Å². The van der Waals surface area contributed by atoms with E-state index in [9.17, 15) is 76.7 Å². The first-order chi connectivity index (χ1) is 27.4. The van der Waals surface area contributed by atoms with Crippen molar-refractivity contribution in [3.05, 3.63) is 69.8 Å². The van der Waals surface area contributed by atoms with Gasteiger partial charge in [-0.1, -0.05) is 35.4 Å². The maximum absolute atomic E-state index is 12.5. The average Bonchev–Trinajstić information content (AvgIpc) is 3.13. The van der Waals surface area contributed by atoms with Crippen molar-refractivity contribution in [2.45, 2.75) is 63.9 Å². The largest absolute Gasteiger partial charge is 0.475 e. The third-order valence-electron chi connectivity index (χ3n) is 8.47. The van der Waals surface area contributed by atoms with E-state index in [4.69, 9.17) is 15.3 Å². The van der Waals surface area contributed by atoms with Gasteiger partial charge in [-0.15, -0.1) is 0 Å². The molecule has 0 bridgehead atoms. The monoisotopic (exact) mass is 886 g/mol. The predicted octanol–water partition coefficient (Wildman–Crippen LogP) is 5.15. The van der Waals surface area contributed by atoms with Gasteiger partial charge in [-0.3, -0.25) is 19.4 Å². The number of aliphatic hydroxyl groups excluding tert-OH is 1. The van der Waals surface area contributed by atoms with Crippen LogP contribution in [0.5, 0.6) is 0 Å². The number of ether oxygens (including phenoxy) is 1. The zero-order valence-electron chi connectivity index (χ0n) is 31.4. The van der Waals surface area contributed by atoms with Crippen LogP contribution in [0.25, 0.3) is 0 Å². The number of carbonyl (C=O) groups excluding carboxylic acids is 3. The Labute approximate surface area is 332 Å². The van der Waals surface area contributed by atoms with E-state index in [0.717, 1.165) is 42.2 Å². The minimum Gasteiger partial charge on any atom is -0.475 e. The summed E-state index contributed by atoms with van der Waals surface area (Å²) in [6.45, 7) is 7.62. The fourth-order valence-electron chi connectivity index (χ4n) is 5.43. The van der Waals surface area contributed by atoms with Crippen LogP contribution in [-0.2, 0) is 27.4 Å². The molecule has 0 radical (unpaired) electrons. The van der Waals surface area contributed by atoms with Crippen LogP contribution in [0.1, 0.15) is 43.0 Å². The number of rotatable bonds is 9. The lowest BCUT2D eigenvalue weighted by Gasteiger charge is -2.35. The van der Waals surface area contributed by atoms with Gasteiger partial charge in [0.1, 0.15) is 0 Å². The molecule has 336 valence electrons. The van der Waals surface area contributed by atoms with Crippen molar-refractivity contribution in [3.63, 3.8) is 0 Å². The quantitative estimate of drug-likeness (QED) is 0.148. The number of Topliss-reactive ketones (excluding diaryl/α,β-unsaturated/α-hetero) is 2. The van der Waals surface area contributed by atoms with Gasteiger partial charge in [0.2, 0.25) is 6.10 Å². The summed E-state index contributed by atoms with van der Waals surface area (Å²) < 4.78 is 145. The number of benzene rings is 2. The van der Waals surface area contributed by atoms with E-state index in [2.05, 4.69) is 15.0 Å². The number of aryl methyl sites for hydroxylation is 2. The van der Waals surface area contributed by atoms with Gasteiger partial charge in [-0.05, 0) is 37.1 Å². The van der Waals surface area contributed by atoms with Crippen molar-refractivity contribution in [1.82, 2.24) is 20.0 Å². The molecule has 2 aliphatic rings. The first-order valence-electron chi connectivity index (χ1n) is 17.2. The molecule has 4 rings (SSSR count). The van der Waals surface area contributed by atoms with Gasteiger partial charge in [0, 0.05) is 76.6 Å². The highest BCUT2D eigenvalue weighted by Crippen LogP contribution is 2.36. The Kier molecular flexibility index (Phi) is 17.9. The number of nitrogens with one attached hydrogen (secondary N) is 1. The van der Waals surface area contributed by atoms with Gasteiger partial charge in [0.05, 0.1) is 0 Å². The molecule has 2 aromatic carbocycles. The molecular formula is C35H38F12N4O9. The Balaban J connectivity index is 0.000000360. The van der Waals surface area contributed by atoms with Gasteiger partial charge in [0.15, 0.2) is 0 Å². The molecule has 0 aliphatic carbocycles. The molecule has 0 aromatic heterocycles. The van der Waals surface area contributed by atoms with Crippen LogP contribution in [0.2, 0.25) is 0 Å². The maximum Gasteiger partial charge on any atom is 0.434 e. The first kappa shape index (κ1) is 51.1.